The Labute approximate surface area is 127 Å². The second-order valence-electron chi connectivity index (χ2n) is 5.72. The van der Waals surface area contributed by atoms with Crippen molar-refractivity contribution < 1.29 is 9.90 Å². The number of rotatable bonds is 2. The average molecular weight is 285 g/mol. The van der Waals surface area contributed by atoms with Gasteiger partial charge in [0.05, 0.1) is 5.56 Å². The number of amides is 1. The molecule has 0 aliphatic heterocycles. The molecule has 1 aromatic rings. The van der Waals surface area contributed by atoms with Crippen molar-refractivity contribution in [2.45, 2.75) is 45.1 Å². The maximum absolute atomic E-state index is 12.8. The van der Waals surface area contributed by atoms with Crippen LogP contribution in [0.1, 0.15) is 53.6 Å². The molecule has 21 heavy (non-hydrogen) atoms. The molecule has 0 atom stereocenters. The van der Waals surface area contributed by atoms with Crippen molar-refractivity contribution in [3.05, 3.63) is 34.9 Å². The lowest BCUT2D eigenvalue weighted by molar-refractivity contribution is 0.0696. The second kappa shape index (κ2) is 7.28. The van der Waals surface area contributed by atoms with Crippen molar-refractivity contribution in [2.75, 3.05) is 13.7 Å². The predicted octanol–water partition coefficient (Wildman–Crippen LogP) is 2.74. The maximum Gasteiger partial charge on any atom is 0.255 e. The summed E-state index contributed by atoms with van der Waals surface area (Å²) in [4.78, 5) is 14.6. The average Bonchev–Trinajstić information content (AvgIpc) is 2.53. The number of aliphatic hydroxyl groups is 1. The molecule has 3 heteroatoms. The van der Waals surface area contributed by atoms with E-state index in [0.29, 0.717) is 17.2 Å². The Kier molecular flexibility index (Phi) is 5.41. The summed E-state index contributed by atoms with van der Waals surface area (Å²) >= 11 is 0. The number of aliphatic hydroxyl groups excluding tert-OH is 1. The summed E-state index contributed by atoms with van der Waals surface area (Å²) in [5, 5.41) is 8.86. The van der Waals surface area contributed by atoms with E-state index in [9.17, 15) is 4.79 Å². The SMILES string of the molecule is Cc1ccc(C#CCO)c(C(=O)N(C)C2CCCCC2)c1. The molecule has 112 valence electrons. The summed E-state index contributed by atoms with van der Waals surface area (Å²) in [5.41, 5.74) is 2.39. The van der Waals surface area contributed by atoms with Gasteiger partial charge in [-0.3, -0.25) is 4.79 Å². The molecule has 0 spiro atoms. The largest absolute Gasteiger partial charge is 0.384 e. The number of carbonyl (C=O) groups excluding carboxylic acids is 1. The molecule has 2 rings (SSSR count). The van der Waals surface area contributed by atoms with Gasteiger partial charge in [-0.05, 0) is 31.9 Å². The molecule has 3 nitrogen and oxygen atoms in total. The van der Waals surface area contributed by atoms with Crippen LogP contribution in [-0.2, 0) is 0 Å². The van der Waals surface area contributed by atoms with Crippen LogP contribution in [0, 0.1) is 18.8 Å². The van der Waals surface area contributed by atoms with E-state index >= 15 is 0 Å². The van der Waals surface area contributed by atoms with Gasteiger partial charge in [-0.2, -0.15) is 0 Å². The number of nitrogens with zero attached hydrogens (tertiary/aromatic N) is 1. The fourth-order valence-electron chi connectivity index (χ4n) is 2.90. The fourth-order valence-corrected chi connectivity index (χ4v) is 2.90. The molecule has 0 unspecified atom stereocenters. The van der Waals surface area contributed by atoms with Crippen molar-refractivity contribution in [1.82, 2.24) is 4.90 Å². The van der Waals surface area contributed by atoms with Crippen LogP contribution in [0.3, 0.4) is 0 Å². The molecule has 1 aromatic carbocycles. The van der Waals surface area contributed by atoms with Crippen molar-refractivity contribution in [1.29, 1.82) is 0 Å². The fraction of sp³-hybridized carbons (Fsp3) is 0.500. The number of hydrogen-bond acceptors (Lipinski definition) is 2. The summed E-state index contributed by atoms with van der Waals surface area (Å²) in [5.74, 6) is 5.55. The normalized spacial score (nSPS) is 15.2. The zero-order valence-electron chi connectivity index (χ0n) is 12.9. The first kappa shape index (κ1) is 15.6. The third kappa shape index (κ3) is 3.86. The molecular formula is C18H23NO2. The van der Waals surface area contributed by atoms with E-state index in [1.807, 2.05) is 37.1 Å². The lowest BCUT2D eigenvalue weighted by atomic mass is 9.93. The Morgan fingerprint density at radius 2 is 2.05 bits per heavy atom. The zero-order valence-corrected chi connectivity index (χ0v) is 12.9. The highest BCUT2D eigenvalue weighted by atomic mass is 16.2. The van der Waals surface area contributed by atoms with Gasteiger partial charge in [0, 0.05) is 18.7 Å². The zero-order chi connectivity index (χ0) is 15.2. The van der Waals surface area contributed by atoms with Gasteiger partial charge in [-0.15, -0.1) is 0 Å². The Morgan fingerprint density at radius 1 is 1.33 bits per heavy atom. The van der Waals surface area contributed by atoms with E-state index in [0.717, 1.165) is 18.4 Å². The highest BCUT2D eigenvalue weighted by Crippen LogP contribution is 2.24. The van der Waals surface area contributed by atoms with E-state index < -0.39 is 0 Å². The highest BCUT2D eigenvalue weighted by Gasteiger charge is 2.24. The number of carbonyl (C=O) groups is 1. The molecule has 0 bridgehead atoms. The molecule has 0 aromatic heterocycles. The van der Waals surface area contributed by atoms with Crippen molar-refractivity contribution in [3.63, 3.8) is 0 Å². The first-order valence-electron chi connectivity index (χ1n) is 7.61. The molecule has 0 heterocycles. The Morgan fingerprint density at radius 3 is 2.71 bits per heavy atom. The van der Waals surface area contributed by atoms with Crippen molar-refractivity contribution in [2.24, 2.45) is 0 Å². The maximum atomic E-state index is 12.8. The molecule has 0 saturated heterocycles. The first-order valence-corrected chi connectivity index (χ1v) is 7.61. The van der Waals surface area contributed by atoms with Gasteiger partial charge in [0.1, 0.15) is 6.61 Å². The number of aryl methyl sites for hydroxylation is 1. The van der Waals surface area contributed by atoms with Gasteiger partial charge in [0.25, 0.3) is 5.91 Å². The molecule has 1 fully saturated rings. The van der Waals surface area contributed by atoms with Gasteiger partial charge >= 0.3 is 0 Å². The van der Waals surface area contributed by atoms with Gasteiger partial charge in [-0.1, -0.05) is 42.7 Å². The summed E-state index contributed by atoms with van der Waals surface area (Å²) in [6, 6.07) is 6.03. The lowest BCUT2D eigenvalue weighted by Gasteiger charge is -2.31. The van der Waals surface area contributed by atoms with Gasteiger partial charge in [-0.25, -0.2) is 0 Å². The van der Waals surface area contributed by atoms with Crippen LogP contribution in [-0.4, -0.2) is 35.6 Å². The van der Waals surface area contributed by atoms with Crippen LogP contribution >= 0.6 is 0 Å². The number of hydrogen-bond donors (Lipinski definition) is 1. The summed E-state index contributed by atoms with van der Waals surface area (Å²) in [6.45, 7) is 1.78. The monoisotopic (exact) mass is 285 g/mol. The van der Waals surface area contributed by atoms with Crippen LogP contribution < -0.4 is 0 Å². The van der Waals surface area contributed by atoms with Crippen molar-refractivity contribution >= 4 is 5.91 Å². The van der Waals surface area contributed by atoms with E-state index in [1.165, 1.54) is 19.3 Å². The minimum absolute atomic E-state index is 0.0350. The van der Waals surface area contributed by atoms with Crippen LogP contribution in [0.5, 0.6) is 0 Å². The topological polar surface area (TPSA) is 40.5 Å². The smallest absolute Gasteiger partial charge is 0.255 e. The van der Waals surface area contributed by atoms with Gasteiger partial charge in [0.15, 0.2) is 0 Å². The van der Waals surface area contributed by atoms with E-state index in [1.54, 1.807) is 0 Å². The van der Waals surface area contributed by atoms with Crippen LogP contribution in [0.15, 0.2) is 18.2 Å². The molecule has 1 amide bonds. The Balaban J connectivity index is 2.26. The third-order valence-electron chi connectivity index (χ3n) is 4.15. The third-order valence-corrected chi connectivity index (χ3v) is 4.15. The molecular weight excluding hydrogens is 262 g/mol. The van der Waals surface area contributed by atoms with Gasteiger partial charge < -0.3 is 10.0 Å². The summed E-state index contributed by atoms with van der Waals surface area (Å²) < 4.78 is 0. The van der Waals surface area contributed by atoms with E-state index in [-0.39, 0.29) is 12.5 Å². The quantitative estimate of drug-likeness (QED) is 0.849. The molecule has 1 aliphatic carbocycles. The Hall–Kier alpha value is -1.79. The summed E-state index contributed by atoms with van der Waals surface area (Å²) in [6.07, 6.45) is 5.86. The first-order chi connectivity index (χ1) is 10.1. The number of benzene rings is 1. The van der Waals surface area contributed by atoms with E-state index in [4.69, 9.17) is 5.11 Å². The van der Waals surface area contributed by atoms with Crippen LogP contribution in [0.4, 0.5) is 0 Å². The van der Waals surface area contributed by atoms with Crippen LogP contribution in [0.2, 0.25) is 0 Å². The van der Waals surface area contributed by atoms with Crippen LogP contribution in [0.25, 0.3) is 0 Å². The van der Waals surface area contributed by atoms with Gasteiger partial charge in [0.2, 0.25) is 0 Å². The standard InChI is InChI=1S/C18H23NO2/c1-14-10-11-15(7-6-12-20)17(13-14)18(21)19(2)16-8-4-3-5-9-16/h10-11,13,16,20H,3-5,8-9,12H2,1-2H3. The predicted molar refractivity (Wildman–Crippen MR) is 84.1 cm³/mol. The molecule has 1 aliphatic rings. The molecule has 1 N–H and O–H groups in total. The molecule has 1 saturated carbocycles. The minimum atomic E-state index is -0.194. The lowest BCUT2D eigenvalue weighted by Crippen LogP contribution is -2.38. The summed E-state index contributed by atoms with van der Waals surface area (Å²) in [7, 11) is 1.89. The molecule has 0 radical (unpaired) electrons. The Bertz CT molecular complexity index is 562. The van der Waals surface area contributed by atoms with E-state index in [2.05, 4.69) is 11.8 Å². The highest BCUT2D eigenvalue weighted by molar-refractivity contribution is 5.97. The van der Waals surface area contributed by atoms with Crippen molar-refractivity contribution in [3.8, 4) is 11.8 Å². The second-order valence-corrected chi connectivity index (χ2v) is 5.72. The minimum Gasteiger partial charge on any atom is -0.384 e.